The van der Waals surface area contributed by atoms with Crippen LogP contribution in [0.5, 0.6) is 0 Å². The molecule has 0 amide bonds. The minimum absolute atomic E-state index is 0.291. The lowest BCUT2D eigenvalue weighted by atomic mass is 10.2. The molecular weight excluding hydrogens is 331 g/mol. The highest BCUT2D eigenvalue weighted by atomic mass is 31.1. The maximum absolute atomic E-state index is 6.01. The Bertz CT molecular complexity index is 233. The van der Waals surface area contributed by atoms with Crippen molar-refractivity contribution in [3.05, 3.63) is 0 Å². The van der Waals surface area contributed by atoms with Crippen molar-refractivity contribution >= 4 is 7.92 Å². The van der Waals surface area contributed by atoms with E-state index in [2.05, 4.69) is 20.8 Å². The molecule has 0 aromatic rings. The number of methoxy groups -OCH3 is 3. The van der Waals surface area contributed by atoms with Gasteiger partial charge in [0, 0.05) is 21.3 Å². The highest BCUT2D eigenvalue weighted by Gasteiger charge is 2.35. The summed E-state index contributed by atoms with van der Waals surface area (Å²) in [7, 11) is 5.17. The van der Waals surface area contributed by atoms with Gasteiger partial charge < -0.3 is 14.2 Å². The second kappa shape index (κ2) is 17.7. The average Bonchev–Trinajstić information content (AvgIpc) is 2.64. The van der Waals surface area contributed by atoms with E-state index in [9.17, 15) is 0 Å². The van der Waals surface area contributed by atoms with Crippen LogP contribution in [-0.2, 0) is 14.2 Å². The standard InChI is InChI=1S/C21H45O3P/c1-7-10-13-16-19(22-4)25(20(23-5)17-14-11-8-2)21(24-6)18-15-12-9-3/h19-21H,7-18H2,1-6H3. The van der Waals surface area contributed by atoms with Crippen LogP contribution >= 0.6 is 7.92 Å². The van der Waals surface area contributed by atoms with E-state index >= 15 is 0 Å². The van der Waals surface area contributed by atoms with Crippen molar-refractivity contribution in [2.24, 2.45) is 0 Å². The van der Waals surface area contributed by atoms with E-state index in [1.807, 2.05) is 21.3 Å². The Morgan fingerprint density at radius 2 is 0.800 bits per heavy atom. The summed E-state index contributed by atoms with van der Waals surface area (Å²) >= 11 is 0. The molecule has 0 radical (unpaired) electrons. The minimum Gasteiger partial charge on any atom is -0.377 e. The molecule has 3 unspecified atom stereocenters. The Labute approximate surface area is 159 Å². The van der Waals surface area contributed by atoms with E-state index < -0.39 is 7.92 Å². The highest BCUT2D eigenvalue weighted by molar-refractivity contribution is 7.59. The SMILES string of the molecule is CCCCCC(OC)P(C(CCCCC)OC)C(CCCCC)OC. The molecule has 3 atom stereocenters. The van der Waals surface area contributed by atoms with Crippen molar-refractivity contribution in [2.45, 2.75) is 115 Å². The molecule has 0 aromatic carbocycles. The van der Waals surface area contributed by atoms with Gasteiger partial charge in [-0.25, -0.2) is 0 Å². The predicted molar refractivity (Wildman–Crippen MR) is 112 cm³/mol. The Hall–Kier alpha value is 0.310. The maximum Gasteiger partial charge on any atom is 0.0811 e. The first-order valence-electron chi connectivity index (χ1n) is 10.6. The topological polar surface area (TPSA) is 27.7 Å². The molecule has 0 heterocycles. The third kappa shape index (κ3) is 10.9. The van der Waals surface area contributed by atoms with Crippen molar-refractivity contribution < 1.29 is 14.2 Å². The van der Waals surface area contributed by atoms with Crippen LogP contribution in [0.2, 0.25) is 0 Å². The van der Waals surface area contributed by atoms with Crippen LogP contribution < -0.4 is 0 Å². The van der Waals surface area contributed by atoms with Gasteiger partial charge in [0.1, 0.15) is 0 Å². The normalized spacial score (nSPS) is 16.6. The van der Waals surface area contributed by atoms with E-state index in [0.29, 0.717) is 17.5 Å². The first-order valence-corrected chi connectivity index (χ1v) is 12.1. The van der Waals surface area contributed by atoms with Crippen molar-refractivity contribution in [3.63, 3.8) is 0 Å². The summed E-state index contributed by atoms with van der Waals surface area (Å²) in [6.45, 7) is 6.78. The zero-order valence-corrected chi connectivity index (χ0v) is 18.8. The quantitative estimate of drug-likeness (QED) is 0.188. The smallest absolute Gasteiger partial charge is 0.0811 e. The maximum atomic E-state index is 6.01. The van der Waals surface area contributed by atoms with Gasteiger partial charge in [-0.05, 0) is 27.2 Å². The summed E-state index contributed by atoms with van der Waals surface area (Å²) in [5, 5.41) is 0. The lowest BCUT2D eigenvalue weighted by Crippen LogP contribution is -2.27. The van der Waals surface area contributed by atoms with Gasteiger partial charge in [0.05, 0.1) is 17.5 Å². The molecule has 0 N–H and O–H groups in total. The number of unbranched alkanes of at least 4 members (excludes halogenated alkanes) is 6. The molecule has 0 spiro atoms. The van der Waals surface area contributed by atoms with Crippen molar-refractivity contribution in [2.75, 3.05) is 21.3 Å². The molecule has 0 saturated carbocycles. The van der Waals surface area contributed by atoms with Gasteiger partial charge in [0.15, 0.2) is 0 Å². The highest BCUT2D eigenvalue weighted by Crippen LogP contribution is 2.56. The van der Waals surface area contributed by atoms with Gasteiger partial charge in [-0.1, -0.05) is 78.6 Å². The molecule has 152 valence electrons. The number of hydrogen-bond acceptors (Lipinski definition) is 3. The van der Waals surface area contributed by atoms with Gasteiger partial charge in [0.25, 0.3) is 0 Å². The lowest BCUT2D eigenvalue weighted by molar-refractivity contribution is 0.103. The van der Waals surface area contributed by atoms with Crippen LogP contribution in [0, 0.1) is 0 Å². The van der Waals surface area contributed by atoms with Gasteiger partial charge in [-0.2, -0.15) is 0 Å². The van der Waals surface area contributed by atoms with E-state index in [4.69, 9.17) is 14.2 Å². The molecule has 0 aromatic heterocycles. The zero-order valence-electron chi connectivity index (χ0n) is 17.9. The van der Waals surface area contributed by atoms with Crippen LogP contribution in [-0.4, -0.2) is 38.9 Å². The van der Waals surface area contributed by atoms with Crippen LogP contribution in [0.15, 0.2) is 0 Å². The molecule has 0 fully saturated rings. The molecule has 0 aliphatic heterocycles. The average molecular weight is 377 g/mol. The summed E-state index contributed by atoms with van der Waals surface area (Å²) in [5.41, 5.74) is 0. The first kappa shape index (κ1) is 25.3. The Morgan fingerprint density at radius 1 is 0.520 bits per heavy atom. The van der Waals surface area contributed by atoms with Crippen LogP contribution in [0.1, 0.15) is 97.8 Å². The number of ether oxygens (including phenoxy) is 3. The molecular formula is C21H45O3P. The van der Waals surface area contributed by atoms with Crippen molar-refractivity contribution in [1.29, 1.82) is 0 Å². The van der Waals surface area contributed by atoms with Gasteiger partial charge >= 0.3 is 0 Å². The van der Waals surface area contributed by atoms with Gasteiger partial charge in [-0.3, -0.25) is 0 Å². The largest absolute Gasteiger partial charge is 0.377 e. The fourth-order valence-corrected chi connectivity index (χ4v) is 6.71. The number of rotatable bonds is 18. The fraction of sp³-hybridized carbons (Fsp3) is 1.00. The van der Waals surface area contributed by atoms with E-state index in [1.54, 1.807) is 0 Å². The van der Waals surface area contributed by atoms with Crippen molar-refractivity contribution in [3.8, 4) is 0 Å². The molecule has 3 nitrogen and oxygen atoms in total. The molecule has 4 heteroatoms. The molecule has 0 aliphatic carbocycles. The summed E-state index contributed by atoms with van der Waals surface area (Å²) in [6, 6.07) is 0. The van der Waals surface area contributed by atoms with Gasteiger partial charge in [0.2, 0.25) is 0 Å². The second-order valence-corrected chi connectivity index (χ2v) is 9.63. The summed E-state index contributed by atoms with van der Waals surface area (Å²) in [5.74, 6) is 0.874. The summed E-state index contributed by atoms with van der Waals surface area (Å²) in [4.78, 5) is 0. The monoisotopic (exact) mass is 376 g/mol. The predicted octanol–water partition coefficient (Wildman–Crippen LogP) is 7.13. The Morgan fingerprint density at radius 3 is 1.00 bits per heavy atom. The Kier molecular flexibility index (Phi) is 17.9. The summed E-state index contributed by atoms with van der Waals surface area (Å²) in [6.07, 6.45) is 14.7. The zero-order chi connectivity index (χ0) is 18.9. The molecule has 0 saturated heterocycles. The van der Waals surface area contributed by atoms with E-state index in [-0.39, 0.29) is 0 Å². The minimum atomic E-state index is -0.468. The first-order chi connectivity index (χ1) is 12.2. The summed E-state index contributed by atoms with van der Waals surface area (Å²) < 4.78 is 18.0. The van der Waals surface area contributed by atoms with E-state index in [1.165, 1.54) is 57.8 Å². The molecule has 0 aliphatic rings. The third-order valence-electron chi connectivity index (χ3n) is 4.98. The van der Waals surface area contributed by atoms with Gasteiger partial charge in [-0.15, -0.1) is 0 Å². The molecule has 0 rings (SSSR count). The van der Waals surface area contributed by atoms with Crippen molar-refractivity contribution in [1.82, 2.24) is 0 Å². The van der Waals surface area contributed by atoms with Crippen LogP contribution in [0.4, 0.5) is 0 Å². The lowest BCUT2D eigenvalue weighted by Gasteiger charge is -2.38. The molecule has 25 heavy (non-hydrogen) atoms. The third-order valence-corrected chi connectivity index (χ3v) is 8.38. The van der Waals surface area contributed by atoms with Crippen LogP contribution in [0.25, 0.3) is 0 Å². The molecule has 0 bridgehead atoms. The van der Waals surface area contributed by atoms with E-state index in [0.717, 1.165) is 19.3 Å². The van der Waals surface area contributed by atoms with Crippen LogP contribution in [0.3, 0.4) is 0 Å². The number of hydrogen-bond donors (Lipinski definition) is 0. The Balaban J connectivity index is 5.11. The fourth-order valence-electron chi connectivity index (χ4n) is 3.43. The second-order valence-electron chi connectivity index (χ2n) is 7.01.